The maximum atomic E-state index is 14.3. The van der Waals surface area contributed by atoms with Crippen molar-refractivity contribution in [3.63, 3.8) is 0 Å². The van der Waals surface area contributed by atoms with Crippen LogP contribution < -0.4 is 9.47 Å². The Morgan fingerprint density at radius 1 is 0.867 bits per heavy atom. The zero-order chi connectivity index (χ0) is 21.9. The Hall–Kier alpha value is -2.03. The van der Waals surface area contributed by atoms with E-state index < -0.39 is 42.2 Å². The van der Waals surface area contributed by atoms with Crippen molar-refractivity contribution in [3.8, 4) is 11.5 Å². The number of ether oxygens (including phenoxy) is 2. The lowest BCUT2D eigenvalue weighted by atomic mass is 9.62. The molecule has 0 amide bonds. The van der Waals surface area contributed by atoms with E-state index in [9.17, 15) is 13.2 Å². The number of hydrogen-bond acceptors (Lipinski definition) is 6. The summed E-state index contributed by atoms with van der Waals surface area (Å²) in [6.07, 6.45) is 0. The van der Waals surface area contributed by atoms with Crippen LogP contribution in [-0.4, -0.2) is 32.5 Å². The highest BCUT2D eigenvalue weighted by Gasteiger charge is 2.80. The molecule has 0 N–H and O–H groups in total. The normalized spacial score (nSPS) is 31.4. The molecular formula is C22H24O6S2. The number of rotatable bonds is 4. The highest BCUT2D eigenvalue weighted by atomic mass is 32.3. The lowest BCUT2D eigenvalue weighted by Crippen LogP contribution is -2.71. The molecule has 2 aromatic rings. The zero-order valence-corrected chi connectivity index (χ0v) is 19.1. The van der Waals surface area contributed by atoms with Crippen LogP contribution in [0.3, 0.4) is 0 Å². The summed E-state index contributed by atoms with van der Waals surface area (Å²) in [7, 11) is 1.29. The molecule has 1 aliphatic carbocycles. The molecular weight excluding hydrogens is 424 g/mol. The highest BCUT2D eigenvalue weighted by molar-refractivity contribution is 8.05. The van der Waals surface area contributed by atoms with Gasteiger partial charge >= 0.3 is 0 Å². The van der Waals surface area contributed by atoms with Crippen LogP contribution in [0.5, 0.6) is 11.5 Å². The maximum Gasteiger partial charge on any atom is 0.211 e. The number of carbonyl (C=O) groups excluding carboxylic acids is 1. The van der Waals surface area contributed by atoms with Crippen LogP contribution in [0.4, 0.5) is 0 Å². The summed E-state index contributed by atoms with van der Waals surface area (Å²) >= 11 is -1.96. The third kappa shape index (κ3) is 2.41. The fourth-order valence-electron chi connectivity index (χ4n) is 4.67. The van der Waals surface area contributed by atoms with Crippen LogP contribution in [0.25, 0.3) is 0 Å². The van der Waals surface area contributed by atoms with Crippen molar-refractivity contribution >= 4 is 27.7 Å². The molecule has 2 fully saturated rings. The lowest BCUT2D eigenvalue weighted by molar-refractivity contribution is -0.143. The van der Waals surface area contributed by atoms with E-state index in [2.05, 4.69) is 0 Å². The van der Waals surface area contributed by atoms with Gasteiger partial charge in [-0.1, -0.05) is 45.0 Å². The average molecular weight is 449 g/mol. The topological polar surface area (TPSA) is 78.9 Å². The standard InChI is InChI=1S/C22H24O6S2/c1-14-19(23)20(2,3)22(14)29(24)21(28-30(22)25,15-6-10-17(26-4)11-7-15)16-8-12-18(27-5)13-9-16/h6-14H,1-5H3. The van der Waals surface area contributed by atoms with Crippen molar-refractivity contribution in [1.82, 2.24) is 0 Å². The molecule has 0 radical (unpaired) electrons. The van der Waals surface area contributed by atoms with E-state index >= 15 is 0 Å². The van der Waals surface area contributed by atoms with Crippen LogP contribution in [0.15, 0.2) is 48.5 Å². The minimum absolute atomic E-state index is 0.0620. The first kappa shape index (κ1) is 21.2. The molecule has 4 atom stereocenters. The second-order valence-corrected chi connectivity index (χ2v) is 11.3. The van der Waals surface area contributed by atoms with E-state index in [1.54, 1.807) is 83.5 Å². The molecule has 0 bridgehead atoms. The molecule has 1 saturated heterocycles. The van der Waals surface area contributed by atoms with Gasteiger partial charge in [-0.3, -0.25) is 13.2 Å². The Morgan fingerprint density at radius 2 is 1.30 bits per heavy atom. The van der Waals surface area contributed by atoms with Crippen LogP contribution in [0, 0.1) is 11.3 Å². The van der Waals surface area contributed by atoms with Gasteiger partial charge < -0.3 is 9.47 Å². The van der Waals surface area contributed by atoms with E-state index in [0.29, 0.717) is 22.6 Å². The fraction of sp³-hybridized carbons (Fsp3) is 0.409. The fourth-order valence-corrected chi connectivity index (χ4v) is 9.61. The number of hydrogen-bond donors (Lipinski definition) is 0. The third-order valence-electron chi connectivity index (χ3n) is 6.37. The molecule has 0 aromatic heterocycles. The van der Waals surface area contributed by atoms with E-state index in [-0.39, 0.29) is 5.78 Å². The van der Waals surface area contributed by atoms with E-state index in [0.717, 1.165) is 0 Å². The molecule has 4 unspecified atom stereocenters. The molecule has 2 aromatic carbocycles. The van der Waals surface area contributed by atoms with Gasteiger partial charge in [-0.05, 0) is 24.3 Å². The summed E-state index contributed by atoms with van der Waals surface area (Å²) in [6, 6.07) is 14.0. The van der Waals surface area contributed by atoms with E-state index in [1.165, 1.54) is 0 Å². The first-order chi connectivity index (χ1) is 14.2. The van der Waals surface area contributed by atoms with E-state index in [4.69, 9.17) is 13.7 Å². The number of ketones is 1. The minimum Gasteiger partial charge on any atom is -0.497 e. The monoisotopic (exact) mass is 448 g/mol. The van der Waals surface area contributed by atoms with Gasteiger partial charge in [0.25, 0.3) is 0 Å². The maximum absolute atomic E-state index is 14.3. The van der Waals surface area contributed by atoms with Crippen molar-refractivity contribution in [2.45, 2.75) is 29.8 Å². The smallest absolute Gasteiger partial charge is 0.211 e. The van der Waals surface area contributed by atoms with Gasteiger partial charge in [-0.15, -0.1) is 0 Å². The van der Waals surface area contributed by atoms with Crippen LogP contribution in [-0.2, 0) is 35.8 Å². The minimum atomic E-state index is -1.96. The first-order valence-electron chi connectivity index (χ1n) is 9.54. The molecule has 30 heavy (non-hydrogen) atoms. The second-order valence-electron chi connectivity index (χ2n) is 8.04. The van der Waals surface area contributed by atoms with Crippen molar-refractivity contribution in [1.29, 1.82) is 0 Å². The number of Topliss-reactive ketones (excluding diaryl/α,β-unsaturated/α-hetero) is 1. The van der Waals surface area contributed by atoms with Crippen molar-refractivity contribution in [3.05, 3.63) is 59.7 Å². The summed E-state index contributed by atoms with van der Waals surface area (Å²) in [6.45, 7) is 5.09. The van der Waals surface area contributed by atoms with Crippen LogP contribution in [0.2, 0.25) is 0 Å². The van der Waals surface area contributed by atoms with Crippen molar-refractivity contribution < 1.29 is 26.9 Å². The van der Waals surface area contributed by atoms with Crippen LogP contribution in [0.1, 0.15) is 31.9 Å². The van der Waals surface area contributed by atoms with Gasteiger partial charge in [0.05, 0.1) is 30.4 Å². The molecule has 1 heterocycles. The Morgan fingerprint density at radius 3 is 1.67 bits per heavy atom. The average Bonchev–Trinajstić information content (AvgIpc) is 3.02. The van der Waals surface area contributed by atoms with Gasteiger partial charge in [-0.2, -0.15) is 0 Å². The SMILES string of the molecule is COc1ccc(C2(c3ccc(OC)cc3)OS(=O)C3(C(C)C(=O)C3(C)C)S2=O)cc1. The summed E-state index contributed by atoms with van der Waals surface area (Å²) in [5.41, 5.74) is 0.127. The summed E-state index contributed by atoms with van der Waals surface area (Å²) < 4.78 is 43.1. The van der Waals surface area contributed by atoms with Crippen LogP contribution >= 0.6 is 0 Å². The Balaban J connectivity index is 1.96. The van der Waals surface area contributed by atoms with Gasteiger partial charge in [-0.25, -0.2) is 4.21 Å². The second kappa shape index (κ2) is 7.00. The lowest BCUT2D eigenvalue weighted by Gasteiger charge is -2.53. The highest BCUT2D eigenvalue weighted by Crippen LogP contribution is 2.65. The molecule has 8 heteroatoms. The molecule has 1 spiro atoms. The van der Waals surface area contributed by atoms with Gasteiger partial charge in [0, 0.05) is 17.0 Å². The zero-order valence-electron chi connectivity index (χ0n) is 17.5. The molecule has 1 saturated carbocycles. The van der Waals surface area contributed by atoms with E-state index in [1.807, 2.05) is 0 Å². The summed E-state index contributed by atoms with van der Waals surface area (Å²) in [4.78, 5) is 11.1. The van der Waals surface area contributed by atoms with Gasteiger partial charge in [0.2, 0.25) is 4.93 Å². The number of benzene rings is 2. The van der Waals surface area contributed by atoms with Crippen molar-refractivity contribution in [2.24, 2.45) is 11.3 Å². The summed E-state index contributed by atoms with van der Waals surface area (Å²) in [5, 5.41) is 0. The predicted octanol–water partition coefficient (Wildman–Crippen LogP) is 3.29. The number of carbonyl (C=O) groups is 1. The molecule has 2 aliphatic rings. The third-order valence-corrected chi connectivity index (χ3v) is 11.6. The van der Waals surface area contributed by atoms with Gasteiger partial charge in [0.1, 0.15) is 17.3 Å². The molecule has 160 valence electrons. The Labute approximate surface area is 181 Å². The molecule has 6 nitrogen and oxygen atoms in total. The molecule has 4 rings (SSSR count). The molecule has 1 aliphatic heterocycles. The first-order valence-corrected chi connectivity index (χ1v) is 11.8. The van der Waals surface area contributed by atoms with Gasteiger partial charge in [0.15, 0.2) is 15.2 Å². The quantitative estimate of drug-likeness (QED) is 0.714. The number of methoxy groups -OCH3 is 2. The summed E-state index contributed by atoms with van der Waals surface area (Å²) in [5.74, 6) is 0.562. The van der Waals surface area contributed by atoms with Crippen molar-refractivity contribution in [2.75, 3.05) is 14.2 Å². The Kier molecular flexibility index (Phi) is 4.95. The largest absolute Gasteiger partial charge is 0.497 e. The Bertz CT molecular complexity index is 997. The predicted molar refractivity (Wildman–Crippen MR) is 115 cm³/mol.